The van der Waals surface area contributed by atoms with Gasteiger partial charge in [0.1, 0.15) is 5.82 Å². The van der Waals surface area contributed by atoms with Crippen molar-refractivity contribution in [2.45, 2.75) is 44.3 Å². The summed E-state index contributed by atoms with van der Waals surface area (Å²) >= 11 is 0. The van der Waals surface area contributed by atoms with Gasteiger partial charge in [-0.05, 0) is 45.4 Å². The predicted octanol–water partition coefficient (Wildman–Crippen LogP) is 4.78. The second kappa shape index (κ2) is 15.4. The molecule has 2 aromatic rings. The molecule has 0 atom stereocenters. The molecule has 7 nitrogen and oxygen atoms in total. The van der Waals surface area contributed by atoms with Gasteiger partial charge in [-0.1, -0.05) is 18.2 Å². The van der Waals surface area contributed by atoms with Crippen molar-refractivity contribution < 1.29 is 18.0 Å². The van der Waals surface area contributed by atoms with Gasteiger partial charge in [-0.3, -0.25) is 14.7 Å². The molecule has 0 saturated carbocycles. The van der Waals surface area contributed by atoms with Gasteiger partial charge in [-0.15, -0.1) is 37.2 Å². The molecule has 0 bridgehead atoms. The zero-order valence-corrected chi connectivity index (χ0v) is 25.6. The van der Waals surface area contributed by atoms with Crippen LogP contribution in [0.15, 0.2) is 42.9 Å². The topological polar surface area (TPSA) is 55.8 Å². The van der Waals surface area contributed by atoms with Gasteiger partial charge in [-0.2, -0.15) is 13.2 Å². The molecular formula is C27H40Cl3F3N6O. The SMILES string of the molecule is CC(C)N(C)CC1(c2cccc(C(F)(F)F)c2)CCN(C(=O)CN2CCN(c3cnccn3)CC2)CC1.Cl.Cl.Cl. The van der Waals surface area contributed by atoms with Crippen molar-refractivity contribution in [2.75, 3.05) is 64.3 Å². The molecule has 3 heterocycles. The smallest absolute Gasteiger partial charge is 0.353 e. The minimum absolute atomic E-state index is 0. The van der Waals surface area contributed by atoms with Crippen LogP contribution < -0.4 is 4.90 Å². The summed E-state index contributed by atoms with van der Waals surface area (Å²) in [6.07, 6.45) is 1.98. The van der Waals surface area contributed by atoms with Crippen molar-refractivity contribution >= 4 is 48.9 Å². The lowest BCUT2D eigenvalue weighted by Gasteiger charge is -2.45. The third-order valence-corrected chi connectivity index (χ3v) is 7.91. The van der Waals surface area contributed by atoms with Crippen molar-refractivity contribution in [3.63, 3.8) is 0 Å². The van der Waals surface area contributed by atoms with Crippen LogP contribution in [0.4, 0.5) is 19.0 Å². The number of nitrogens with zero attached hydrogens (tertiary/aromatic N) is 6. The van der Waals surface area contributed by atoms with E-state index in [1.165, 1.54) is 12.1 Å². The Morgan fingerprint density at radius 2 is 1.68 bits per heavy atom. The summed E-state index contributed by atoms with van der Waals surface area (Å²) in [7, 11) is 2.01. The highest BCUT2D eigenvalue weighted by Crippen LogP contribution is 2.39. The number of benzene rings is 1. The number of hydrogen-bond acceptors (Lipinski definition) is 6. The quantitative estimate of drug-likeness (QED) is 0.441. The van der Waals surface area contributed by atoms with E-state index < -0.39 is 17.2 Å². The molecular weight excluding hydrogens is 588 g/mol. The van der Waals surface area contributed by atoms with Crippen LogP contribution in [0.25, 0.3) is 0 Å². The number of piperazine rings is 1. The number of halogens is 6. The molecule has 2 saturated heterocycles. The number of alkyl halides is 3. The Labute approximate surface area is 253 Å². The van der Waals surface area contributed by atoms with Crippen LogP contribution in [0, 0.1) is 0 Å². The number of piperidine rings is 1. The fourth-order valence-corrected chi connectivity index (χ4v) is 5.29. The van der Waals surface area contributed by atoms with Crippen molar-refractivity contribution in [1.29, 1.82) is 0 Å². The van der Waals surface area contributed by atoms with E-state index in [9.17, 15) is 18.0 Å². The van der Waals surface area contributed by atoms with E-state index in [2.05, 4.69) is 38.5 Å². The molecule has 1 amide bonds. The van der Waals surface area contributed by atoms with Gasteiger partial charge in [0.05, 0.1) is 18.3 Å². The molecule has 2 aliphatic rings. The Bertz CT molecular complexity index is 1050. The van der Waals surface area contributed by atoms with Gasteiger partial charge in [0.25, 0.3) is 0 Å². The predicted molar refractivity (Wildman–Crippen MR) is 159 cm³/mol. The van der Waals surface area contributed by atoms with Crippen LogP contribution >= 0.6 is 37.2 Å². The van der Waals surface area contributed by atoms with Crippen molar-refractivity contribution in [3.05, 3.63) is 54.0 Å². The fourth-order valence-electron chi connectivity index (χ4n) is 5.29. The second-order valence-corrected chi connectivity index (χ2v) is 10.6. The van der Waals surface area contributed by atoms with Gasteiger partial charge in [0, 0.05) is 69.7 Å². The van der Waals surface area contributed by atoms with Crippen LogP contribution in [-0.4, -0.2) is 96.0 Å². The Balaban J connectivity index is 0.00000267. The Morgan fingerprint density at radius 1 is 1.02 bits per heavy atom. The number of rotatable bonds is 7. The van der Waals surface area contributed by atoms with Gasteiger partial charge in [-0.25, -0.2) is 4.98 Å². The number of carbonyl (C=O) groups is 1. The molecule has 226 valence electrons. The largest absolute Gasteiger partial charge is 0.416 e. The summed E-state index contributed by atoms with van der Waals surface area (Å²) in [5.41, 5.74) is -0.336. The van der Waals surface area contributed by atoms with Crippen molar-refractivity contribution in [1.82, 2.24) is 24.7 Å². The normalized spacial score (nSPS) is 17.6. The summed E-state index contributed by atoms with van der Waals surface area (Å²) < 4.78 is 40.5. The highest BCUT2D eigenvalue weighted by atomic mass is 35.5. The van der Waals surface area contributed by atoms with E-state index in [-0.39, 0.29) is 49.2 Å². The highest BCUT2D eigenvalue weighted by Gasteiger charge is 2.40. The first kappa shape index (κ1) is 36.2. The first-order chi connectivity index (χ1) is 17.6. The number of amides is 1. The van der Waals surface area contributed by atoms with Crippen LogP contribution in [-0.2, 0) is 16.4 Å². The number of hydrogen-bond donors (Lipinski definition) is 0. The number of aromatic nitrogens is 2. The standard InChI is InChI=1S/C27H37F3N6O.3ClH/c1-21(2)33(3)20-26(22-5-4-6-23(17-22)27(28,29)30)7-11-36(12-8-26)25(37)19-34-13-15-35(16-14-34)24-18-31-9-10-32-24;;;/h4-6,9-10,17-18,21H,7-8,11-16,19-20H2,1-3H3;3*1H. The summed E-state index contributed by atoms with van der Waals surface area (Å²) in [6.45, 7) is 9.37. The Kier molecular flexibility index (Phi) is 13.9. The minimum Gasteiger partial charge on any atom is -0.353 e. The summed E-state index contributed by atoms with van der Waals surface area (Å²) in [5, 5.41) is 0. The molecule has 2 fully saturated rings. The molecule has 0 N–H and O–H groups in total. The summed E-state index contributed by atoms with van der Waals surface area (Å²) in [4.78, 5) is 30.1. The van der Waals surface area contributed by atoms with E-state index in [0.29, 0.717) is 44.6 Å². The fraction of sp³-hybridized carbons (Fsp3) is 0.593. The molecule has 0 aliphatic carbocycles. The maximum Gasteiger partial charge on any atom is 0.416 e. The second-order valence-electron chi connectivity index (χ2n) is 10.6. The molecule has 2 aliphatic heterocycles. The molecule has 0 spiro atoms. The van der Waals surface area contributed by atoms with Gasteiger partial charge < -0.3 is 14.7 Å². The monoisotopic (exact) mass is 626 g/mol. The third kappa shape index (κ3) is 8.82. The molecule has 1 aromatic carbocycles. The highest BCUT2D eigenvalue weighted by molar-refractivity contribution is 5.86. The van der Waals surface area contributed by atoms with E-state index in [4.69, 9.17) is 0 Å². The number of anilines is 1. The molecule has 1 aromatic heterocycles. The van der Waals surface area contributed by atoms with E-state index in [0.717, 1.165) is 38.1 Å². The van der Waals surface area contributed by atoms with Crippen LogP contribution in [0.2, 0.25) is 0 Å². The summed E-state index contributed by atoms with van der Waals surface area (Å²) in [5.74, 6) is 0.935. The van der Waals surface area contributed by atoms with Crippen molar-refractivity contribution in [2.24, 2.45) is 0 Å². The van der Waals surface area contributed by atoms with Crippen LogP contribution in [0.5, 0.6) is 0 Å². The van der Waals surface area contributed by atoms with E-state index in [1.54, 1.807) is 18.6 Å². The lowest BCUT2D eigenvalue weighted by atomic mass is 9.71. The minimum atomic E-state index is -4.38. The average Bonchev–Trinajstić information content (AvgIpc) is 2.89. The molecule has 13 heteroatoms. The molecule has 40 heavy (non-hydrogen) atoms. The van der Waals surface area contributed by atoms with Gasteiger partial charge >= 0.3 is 6.18 Å². The average molecular weight is 628 g/mol. The third-order valence-electron chi connectivity index (χ3n) is 7.91. The molecule has 0 radical (unpaired) electrons. The van der Waals surface area contributed by atoms with Gasteiger partial charge in [0.2, 0.25) is 5.91 Å². The van der Waals surface area contributed by atoms with E-state index in [1.807, 2.05) is 18.0 Å². The first-order valence-electron chi connectivity index (χ1n) is 13.0. The number of likely N-dealkylation sites (N-methyl/N-ethyl adjacent to an activating group) is 1. The van der Waals surface area contributed by atoms with Crippen molar-refractivity contribution in [3.8, 4) is 0 Å². The number of likely N-dealkylation sites (tertiary alicyclic amines) is 1. The maximum absolute atomic E-state index is 13.5. The van der Waals surface area contributed by atoms with Gasteiger partial charge in [0.15, 0.2) is 0 Å². The van der Waals surface area contributed by atoms with E-state index >= 15 is 0 Å². The lowest BCUT2D eigenvalue weighted by Crippen LogP contribution is -2.54. The van der Waals surface area contributed by atoms with Crippen LogP contribution in [0.3, 0.4) is 0 Å². The molecule has 0 unspecified atom stereocenters. The zero-order valence-electron chi connectivity index (χ0n) is 23.1. The van der Waals surface area contributed by atoms with Crippen LogP contribution in [0.1, 0.15) is 37.8 Å². The zero-order chi connectivity index (χ0) is 26.6. The molecule has 4 rings (SSSR count). The first-order valence-corrected chi connectivity index (χ1v) is 13.0. The lowest BCUT2D eigenvalue weighted by molar-refractivity contribution is -0.137. The Morgan fingerprint density at radius 3 is 2.23 bits per heavy atom. The maximum atomic E-state index is 13.5. The number of carbonyl (C=O) groups excluding carboxylic acids is 1. The Hall–Kier alpha value is -1.85. The summed E-state index contributed by atoms with van der Waals surface area (Å²) in [6, 6.07) is 6.03.